The van der Waals surface area contributed by atoms with E-state index in [9.17, 15) is 4.79 Å². The molecule has 4 aliphatic carbocycles. The first kappa shape index (κ1) is 17.8. The molecule has 3 heteroatoms. The van der Waals surface area contributed by atoms with Crippen LogP contribution in [-0.4, -0.2) is 19.6 Å². The van der Waals surface area contributed by atoms with Crippen molar-refractivity contribution < 1.29 is 9.53 Å². The van der Waals surface area contributed by atoms with Gasteiger partial charge in [0, 0.05) is 12.6 Å². The normalized spacial score (nSPS) is 32.3. The summed E-state index contributed by atoms with van der Waals surface area (Å²) in [7, 11) is 1.39. The average molecular weight is 354 g/mol. The van der Waals surface area contributed by atoms with E-state index < -0.39 is 0 Å². The minimum absolute atomic E-state index is 0.319. The molecule has 4 saturated carbocycles. The van der Waals surface area contributed by atoms with E-state index in [0.29, 0.717) is 5.41 Å². The molecule has 0 aromatic heterocycles. The number of hydrogen-bond acceptors (Lipinski definition) is 3. The van der Waals surface area contributed by atoms with Crippen molar-refractivity contribution in [3.8, 4) is 0 Å². The standard InChI is InChI=1S/C23H31NO2/c1-26-22(25)7-6-17-2-4-18(5-3-17)16-24-9-8-23-13-19-10-20(14-23)12-21(11-19)15-23/h2-7,19-21,24H,8-16H2,1H3/b7-6+. The van der Waals surface area contributed by atoms with Gasteiger partial charge in [-0.2, -0.15) is 0 Å². The quantitative estimate of drug-likeness (QED) is 0.443. The van der Waals surface area contributed by atoms with Gasteiger partial charge in [0.25, 0.3) is 0 Å². The van der Waals surface area contributed by atoms with Gasteiger partial charge in [-0.05, 0) is 91.9 Å². The van der Waals surface area contributed by atoms with E-state index in [1.54, 1.807) is 6.08 Å². The van der Waals surface area contributed by atoms with Gasteiger partial charge in [-0.25, -0.2) is 4.79 Å². The zero-order valence-corrected chi connectivity index (χ0v) is 15.9. The molecule has 0 heterocycles. The number of rotatable bonds is 7. The van der Waals surface area contributed by atoms with E-state index in [0.717, 1.165) is 36.4 Å². The lowest BCUT2D eigenvalue weighted by Crippen LogP contribution is -2.47. The van der Waals surface area contributed by atoms with Crippen LogP contribution in [0.5, 0.6) is 0 Å². The Hall–Kier alpha value is -1.61. The van der Waals surface area contributed by atoms with Crippen LogP contribution >= 0.6 is 0 Å². The molecule has 0 aliphatic heterocycles. The summed E-state index contributed by atoms with van der Waals surface area (Å²) in [5.74, 6) is 2.82. The number of ether oxygens (including phenoxy) is 1. The topological polar surface area (TPSA) is 38.3 Å². The molecule has 4 aliphatic rings. The lowest BCUT2D eigenvalue weighted by Gasteiger charge is -2.57. The summed E-state index contributed by atoms with van der Waals surface area (Å²) in [6.45, 7) is 2.06. The molecule has 3 nitrogen and oxygen atoms in total. The fourth-order valence-corrected chi connectivity index (χ4v) is 6.16. The molecule has 1 aromatic rings. The molecule has 4 bridgehead atoms. The number of benzene rings is 1. The minimum Gasteiger partial charge on any atom is -0.466 e. The number of methoxy groups -OCH3 is 1. The lowest BCUT2D eigenvalue weighted by molar-refractivity contribution is -0.134. The predicted octanol–water partition coefficient (Wildman–Crippen LogP) is 4.57. The molecule has 140 valence electrons. The maximum absolute atomic E-state index is 11.1. The molecule has 4 fully saturated rings. The molecule has 26 heavy (non-hydrogen) atoms. The number of esters is 1. The highest BCUT2D eigenvalue weighted by atomic mass is 16.5. The van der Waals surface area contributed by atoms with Gasteiger partial charge in [0.05, 0.1) is 7.11 Å². The first-order valence-electron chi connectivity index (χ1n) is 10.2. The van der Waals surface area contributed by atoms with Crippen LogP contribution in [0, 0.1) is 23.2 Å². The van der Waals surface area contributed by atoms with Gasteiger partial charge in [0.1, 0.15) is 0 Å². The van der Waals surface area contributed by atoms with E-state index in [4.69, 9.17) is 0 Å². The monoisotopic (exact) mass is 353 g/mol. The van der Waals surface area contributed by atoms with Crippen LogP contribution in [0.2, 0.25) is 0 Å². The van der Waals surface area contributed by atoms with Crippen LogP contribution in [0.25, 0.3) is 6.08 Å². The zero-order chi connectivity index (χ0) is 18.0. The molecular weight excluding hydrogens is 322 g/mol. The second-order valence-electron chi connectivity index (χ2n) is 8.94. The van der Waals surface area contributed by atoms with Crippen LogP contribution in [0.3, 0.4) is 0 Å². The van der Waals surface area contributed by atoms with Crippen molar-refractivity contribution in [3.63, 3.8) is 0 Å². The molecule has 0 radical (unpaired) electrons. The summed E-state index contributed by atoms with van der Waals surface area (Å²) in [4.78, 5) is 11.1. The summed E-state index contributed by atoms with van der Waals surface area (Å²) in [6.07, 6.45) is 13.7. The highest BCUT2D eigenvalue weighted by Crippen LogP contribution is 2.61. The van der Waals surface area contributed by atoms with Gasteiger partial charge in [-0.15, -0.1) is 0 Å². The number of hydrogen-bond donors (Lipinski definition) is 1. The van der Waals surface area contributed by atoms with Crippen molar-refractivity contribution in [1.82, 2.24) is 5.32 Å². The summed E-state index contributed by atoms with van der Waals surface area (Å²) >= 11 is 0. The Balaban J connectivity index is 1.23. The van der Waals surface area contributed by atoms with Crippen LogP contribution in [-0.2, 0) is 16.1 Å². The van der Waals surface area contributed by atoms with Gasteiger partial charge in [0.2, 0.25) is 0 Å². The molecular formula is C23H31NO2. The van der Waals surface area contributed by atoms with E-state index in [1.807, 2.05) is 0 Å². The van der Waals surface area contributed by atoms with Crippen molar-refractivity contribution >= 4 is 12.0 Å². The van der Waals surface area contributed by atoms with Crippen LogP contribution < -0.4 is 5.32 Å². The third-order valence-electron chi connectivity index (χ3n) is 6.92. The van der Waals surface area contributed by atoms with Crippen molar-refractivity contribution in [2.75, 3.05) is 13.7 Å². The Morgan fingerprint density at radius 2 is 1.73 bits per heavy atom. The van der Waals surface area contributed by atoms with E-state index >= 15 is 0 Å². The van der Waals surface area contributed by atoms with E-state index in [2.05, 4.69) is 34.3 Å². The largest absolute Gasteiger partial charge is 0.466 e. The Morgan fingerprint density at radius 1 is 1.12 bits per heavy atom. The lowest BCUT2D eigenvalue weighted by atomic mass is 9.49. The van der Waals surface area contributed by atoms with Crippen LogP contribution in [0.15, 0.2) is 30.3 Å². The Morgan fingerprint density at radius 3 is 2.31 bits per heavy atom. The first-order valence-corrected chi connectivity index (χ1v) is 10.2. The third-order valence-corrected chi connectivity index (χ3v) is 6.92. The molecule has 0 saturated heterocycles. The highest BCUT2D eigenvalue weighted by Gasteiger charge is 2.50. The van der Waals surface area contributed by atoms with Gasteiger partial charge >= 0.3 is 5.97 Å². The molecule has 5 rings (SSSR count). The number of nitrogens with one attached hydrogen (secondary N) is 1. The Labute approximate surface area is 157 Å². The summed E-state index contributed by atoms with van der Waals surface area (Å²) in [5.41, 5.74) is 2.99. The van der Waals surface area contributed by atoms with Crippen molar-refractivity contribution in [2.24, 2.45) is 23.2 Å². The highest BCUT2D eigenvalue weighted by molar-refractivity contribution is 5.86. The zero-order valence-electron chi connectivity index (χ0n) is 15.9. The van der Waals surface area contributed by atoms with Crippen LogP contribution in [0.4, 0.5) is 0 Å². The van der Waals surface area contributed by atoms with Gasteiger partial charge in [0.15, 0.2) is 0 Å². The third kappa shape index (κ3) is 4.03. The fraction of sp³-hybridized carbons (Fsp3) is 0.609. The van der Waals surface area contributed by atoms with Crippen molar-refractivity contribution in [3.05, 3.63) is 41.5 Å². The number of carbonyl (C=O) groups excluding carboxylic acids is 1. The first-order chi connectivity index (χ1) is 12.6. The average Bonchev–Trinajstić information content (AvgIpc) is 2.63. The van der Waals surface area contributed by atoms with Gasteiger partial charge in [-0.3, -0.25) is 0 Å². The second kappa shape index (κ2) is 7.56. The molecule has 1 N–H and O–H groups in total. The fourth-order valence-electron chi connectivity index (χ4n) is 6.16. The van der Waals surface area contributed by atoms with Gasteiger partial charge < -0.3 is 10.1 Å². The predicted molar refractivity (Wildman–Crippen MR) is 104 cm³/mol. The maximum atomic E-state index is 11.1. The van der Waals surface area contributed by atoms with Crippen molar-refractivity contribution in [1.29, 1.82) is 0 Å². The minimum atomic E-state index is -0.319. The summed E-state index contributed by atoms with van der Waals surface area (Å²) in [6, 6.07) is 8.37. The van der Waals surface area contributed by atoms with Crippen LogP contribution in [0.1, 0.15) is 56.1 Å². The summed E-state index contributed by atoms with van der Waals surface area (Å²) < 4.78 is 4.61. The SMILES string of the molecule is COC(=O)/C=C/c1ccc(CNCCC23CC4CC(CC(C4)C2)C3)cc1. The molecule has 1 aromatic carbocycles. The van der Waals surface area contributed by atoms with Gasteiger partial charge in [-0.1, -0.05) is 24.3 Å². The number of carbonyl (C=O) groups is 1. The molecule has 0 unspecified atom stereocenters. The van der Waals surface area contributed by atoms with E-state index in [1.165, 1.54) is 63.7 Å². The maximum Gasteiger partial charge on any atom is 0.330 e. The smallest absolute Gasteiger partial charge is 0.330 e. The Kier molecular flexibility index (Phi) is 5.17. The van der Waals surface area contributed by atoms with Crippen molar-refractivity contribution in [2.45, 2.75) is 51.5 Å². The second-order valence-corrected chi connectivity index (χ2v) is 8.94. The molecule has 0 amide bonds. The molecule has 0 atom stereocenters. The summed E-state index contributed by atoms with van der Waals surface area (Å²) in [5, 5.41) is 3.66. The Bertz CT molecular complexity index is 626. The molecule has 0 spiro atoms. The van der Waals surface area contributed by atoms with E-state index in [-0.39, 0.29) is 5.97 Å².